The van der Waals surface area contributed by atoms with E-state index in [-0.39, 0.29) is 24.3 Å². The summed E-state index contributed by atoms with van der Waals surface area (Å²) in [6.07, 6.45) is 0. The Hall–Kier alpha value is -4.91. The van der Waals surface area contributed by atoms with Crippen molar-refractivity contribution in [2.24, 2.45) is 0 Å². The van der Waals surface area contributed by atoms with Gasteiger partial charge in [-0.25, -0.2) is 0 Å². The van der Waals surface area contributed by atoms with E-state index in [9.17, 15) is 14.4 Å². The summed E-state index contributed by atoms with van der Waals surface area (Å²) < 4.78 is 0. The van der Waals surface area contributed by atoms with Gasteiger partial charge in [0.15, 0.2) is 0 Å². The first-order chi connectivity index (χ1) is 20.0. The van der Waals surface area contributed by atoms with Crippen molar-refractivity contribution < 1.29 is 14.4 Å². The van der Waals surface area contributed by atoms with Crippen molar-refractivity contribution in [3.63, 3.8) is 0 Å². The highest BCUT2D eigenvalue weighted by molar-refractivity contribution is 5.99. The maximum absolute atomic E-state index is 13.2. The van der Waals surface area contributed by atoms with Gasteiger partial charge in [-0.2, -0.15) is 0 Å². The molecule has 1 aliphatic rings. The van der Waals surface area contributed by atoms with Gasteiger partial charge in [0, 0.05) is 55.2 Å². The summed E-state index contributed by atoms with van der Waals surface area (Å²) in [7, 11) is 0. The summed E-state index contributed by atoms with van der Waals surface area (Å²) in [6, 6.07) is 34.1. The third-order valence-electron chi connectivity index (χ3n) is 7.24. The van der Waals surface area contributed by atoms with Crippen LogP contribution in [0, 0.1) is 6.92 Å². The first-order valence-electron chi connectivity index (χ1n) is 13.9. The molecule has 0 aromatic heterocycles. The number of aryl methyl sites for hydroxylation is 1. The number of hydrogen-bond acceptors (Lipinski definition) is 4. The number of anilines is 2. The highest BCUT2D eigenvalue weighted by Gasteiger charge is 2.23. The molecular weight excluding hydrogens is 512 g/mol. The van der Waals surface area contributed by atoms with Gasteiger partial charge in [0.1, 0.15) is 6.54 Å². The molecule has 4 aromatic rings. The summed E-state index contributed by atoms with van der Waals surface area (Å²) >= 11 is 0. The molecule has 7 nitrogen and oxygen atoms in total. The fourth-order valence-corrected chi connectivity index (χ4v) is 4.94. The number of hydrogen-bond donors (Lipinski definition) is 1. The van der Waals surface area contributed by atoms with Crippen LogP contribution >= 0.6 is 0 Å². The largest absolute Gasteiger partial charge is 0.368 e. The van der Waals surface area contributed by atoms with E-state index in [4.69, 9.17) is 0 Å². The number of nitrogens with zero attached hydrogens (tertiary/aromatic N) is 3. The molecule has 1 saturated heterocycles. The lowest BCUT2D eigenvalue weighted by molar-refractivity contribution is -0.117. The first kappa shape index (κ1) is 27.6. The predicted octanol–water partition coefficient (Wildman–Crippen LogP) is 5.24. The van der Waals surface area contributed by atoms with Gasteiger partial charge in [-0.1, -0.05) is 66.2 Å². The molecule has 0 unspecified atom stereocenters. The third kappa shape index (κ3) is 7.19. The van der Waals surface area contributed by atoms with E-state index >= 15 is 0 Å². The molecule has 0 spiro atoms. The summed E-state index contributed by atoms with van der Waals surface area (Å²) in [6.45, 7) is 5.05. The molecule has 1 heterocycles. The second-order valence-corrected chi connectivity index (χ2v) is 10.3. The molecule has 1 N–H and O–H groups in total. The summed E-state index contributed by atoms with van der Waals surface area (Å²) in [5.41, 5.74) is 5.05. The monoisotopic (exact) mass is 546 g/mol. The van der Waals surface area contributed by atoms with Gasteiger partial charge in [0.05, 0.1) is 0 Å². The number of carbonyl (C=O) groups is 3. The van der Waals surface area contributed by atoms with E-state index in [0.29, 0.717) is 30.9 Å². The number of benzene rings is 4. The van der Waals surface area contributed by atoms with Crippen molar-refractivity contribution in [2.45, 2.75) is 13.5 Å². The Labute approximate surface area is 241 Å². The van der Waals surface area contributed by atoms with E-state index in [1.807, 2.05) is 109 Å². The second-order valence-electron chi connectivity index (χ2n) is 10.3. The summed E-state index contributed by atoms with van der Waals surface area (Å²) in [5.74, 6) is -0.393. The van der Waals surface area contributed by atoms with Crippen LogP contribution in [0.3, 0.4) is 0 Å². The van der Waals surface area contributed by atoms with Crippen LogP contribution in [0.4, 0.5) is 11.4 Å². The normalized spacial score (nSPS) is 13.0. The Morgan fingerprint density at radius 3 is 1.95 bits per heavy atom. The van der Waals surface area contributed by atoms with Crippen molar-refractivity contribution in [3.05, 3.63) is 131 Å². The van der Waals surface area contributed by atoms with Crippen molar-refractivity contribution in [1.82, 2.24) is 9.80 Å². The van der Waals surface area contributed by atoms with Crippen molar-refractivity contribution in [2.75, 3.05) is 42.9 Å². The molecule has 4 aromatic carbocycles. The van der Waals surface area contributed by atoms with Crippen LogP contribution in [-0.4, -0.2) is 60.2 Å². The van der Waals surface area contributed by atoms with Crippen LogP contribution in [0.2, 0.25) is 0 Å². The second kappa shape index (κ2) is 13.0. The van der Waals surface area contributed by atoms with Crippen molar-refractivity contribution in [3.8, 4) is 0 Å². The standard InChI is InChI=1S/C34H34N4O3/c1-26-12-14-29(15-13-26)33(40)37-22-20-36(21-23-37)31-18-16-30(17-19-31)35-32(39)25-38(24-27-8-4-2-5-9-27)34(41)28-10-6-3-7-11-28/h2-19H,20-25H2,1H3,(H,35,39). The number of amides is 3. The topological polar surface area (TPSA) is 73.0 Å². The molecule has 1 fully saturated rings. The number of rotatable bonds is 8. The predicted molar refractivity (Wildman–Crippen MR) is 162 cm³/mol. The minimum atomic E-state index is -0.263. The minimum Gasteiger partial charge on any atom is -0.368 e. The van der Waals surface area contributed by atoms with Crippen LogP contribution < -0.4 is 10.2 Å². The van der Waals surface area contributed by atoms with Gasteiger partial charge in [-0.3, -0.25) is 14.4 Å². The Kier molecular flexibility index (Phi) is 8.74. The van der Waals surface area contributed by atoms with Crippen LogP contribution in [-0.2, 0) is 11.3 Å². The Bertz CT molecular complexity index is 1460. The van der Waals surface area contributed by atoms with Crippen molar-refractivity contribution >= 4 is 29.1 Å². The molecule has 0 aliphatic carbocycles. The number of piperazine rings is 1. The van der Waals surface area contributed by atoms with Crippen LogP contribution in [0.1, 0.15) is 31.8 Å². The quantitative estimate of drug-likeness (QED) is 0.328. The molecule has 0 radical (unpaired) electrons. The summed E-state index contributed by atoms with van der Waals surface area (Å²) in [4.78, 5) is 44.8. The molecule has 7 heteroatoms. The van der Waals surface area contributed by atoms with E-state index in [1.54, 1.807) is 17.0 Å². The first-order valence-corrected chi connectivity index (χ1v) is 13.9. The van der Waals surface area contributed by atoms with Gasteiger partial charge in [0.25, 0.3) is 11.8 Å². The lowest BCUT2D eigenvalue weighted by Crippen LogP contribution is -2.48. The molecule has 208 valence electrons. The van der Waals surface area contributed by atoms with Gasteiger partial charge >= 0.3 is 0 Å². The molecule has 3 amide bonds. The van der Waals surface area contributed by atoms with E-state index in [0.717, 1.165) is 35.5 Å². The average Bonchev–Trinajstić information content (AvgIpc) is 3.02. The summed E-state index contributed by atoms with van der Waals surface area (Å²) in [5, 5.41) is 2.93. The molecular formula is C34H34N4O3. The van der Waals surface area contributed by atoms with E-state index < -0.39 is 0 Å². The number of carbonyl (C=O) groups excluding carboxylic acids is 3. The fraction of sp³-hybridized carbons (Fsp3) is 0.206. The van der Waals surface area contributed by atoms with Gasteiger partial charge < -0.3 is 20.0 Å². The highest BCUT2D eigenvalue weighted by atomic mass is 16.2. The Morgan fingerprint density at radius 1 is 0.707 bits per heavy atom. The fourth-order valence-electron chi connectivity index (χ4n) is 4.94. The zero-order valence-corrected chi connectivity index (χ0v) is 23.2. The lowest BCUT2D eigenvalue weighted by Gasteiger charge is -2.36. The van der Waals surface area contributed by atoms with E-state index in [2.05, 4.69) is 10.2 Å². The van der Waals surface area contributed by atoms with Gasteiger partial charge in [-0.05, 0) is 61.0 Å². The zero-order valence-electron chi connectivity index (χ0n) is 23.2. The average molecular weight is 547 g/mol. The Morgan fingerprint density at radius 2 is 1.32 bits per heavy atom. The van der Waals surface area contributed by atoms with Crippen LogP contribution in [0.15, 0.2) is 109 Å². The van der Waals surface area contributed by atoms with Gasteiger partial charge in [-0.15, -0.1) is 0 Å². The van der Waals surface area contributed by atoms with Gasteiger partial charge in [0.2, 0.25) is 5.91 Å². The number of nitrogens with one attached hydrogen (secondary N) is 1. The minimum absolute atomic E-state index is 0.0646. The van der Waals surface area contributed by atoms with E-state index in [1.165, 1.54) is 0 Å². The Balaban J connectivity index is 1.17. The zero-order chi connectivity index (χ0) is 28.6. The smallest absolute Gasteiger partial charge is 0.254 e. The SMILES string of the molecule is Cc1ccc(C(=O)N2CCN(c3ccc(NC(=O)CN(Cc4ccccc4)C(=O)c4ccccc4)cc3)CC2)cc1. The van der Waals surface area contributed by atoms with Crippen LogP contribution in [0.5, 0.6) is 0 Å². The highest BCUT2D eigenvalue weighted by Crippen LogP contribution is 2.21. The van der Waals surface area contributed by atoms with Crippen molar-refractivity contribution in [1.29, 1.82) is 0 Å². The van der Waals surface area contributed by atoms with Crippen LogP contribution in [0.25, 0.3) is 0 Å². The molecule has 0 bridgehead atoms. The molecule has 5 rings (SSSR count). The maximum Gasteiger partial charge on any atom is 0.254 e. The third-order valence-corrected chi connectivity index (χ3v) is 7.24. The maximum atomic E-state index is 13.2. The molecule has 0 saturated carbocycles. The lowest BCUT2D eigenvalue weighted by atomic mass is 10.1. The molecule has 1 aliphatic heterocycles. The molecule has 41 heavy (non-hydrogen) atoms. The molecule has 0 atom stereocenters.